The Hall–Kier alpha value is -0.890. The van der Waals surface area contributed by atoms with E-state index in [0.717, 1.165) is 24.3 Å². The minimum Gasteiger partial charge on any atom is -0.388 e. The molecule has 1 N–H and O–H groups in total. The van der Waals surface area contributed by atoms with Crippen molar-refractivity contribution in [2.45, 2.75) is 58.5 Å². The first-order valence-corrected chi connectivity index (χ1v) is 7.56. The smallest absolute Gasteiger partial charge is 0.126 e. The summed E-state index contributed by atoms with van der Waals surface area (Å²) in [4.78, 5) is 0. The van der Waals surface area contributed by atoms with Crippen LogP contribution in [0.5, 0.6) is 0 Å². The molecule has 0 heterocycles. The van der Waals surface area contributed by atoms with Gasteiger partial charge in [-0.05, 0) is 48.8 Å². The van der Waals surface area contributed by atoms with Crippen molar-refractivity contribution in [2.75, 3.05) is 0 Å². The lowest BCUT2D eigenvalue weighted by molar-refractivity contribution is 0.0720. The first-order valence-electron chi connectivity index (χ1n) is 7.56. The molecule has 1 unspecified atom stereocenters. The molecule has 2 heteroatoms. The van der Waals surface area contributed by atoms with E-state index < -0.39 is 6.10 Å². The topological polar surface area (TPSA) is 20.2 Å². The van der Waals surface area contributed by atoms with Crippen molar-refractivity contribution in [3.63, 3.8) is 0 Å². The molecule has 106 valence electrons. The summed E-state index contributed by atoms with van der Waals surface area (Å²) < 4.78 is 13.6. The minimum atomic E-state index is -0.502. The Morgan fingerprint density at radius 3 is 2.53 bits per heavy atom. The first-order chi connectivity index (χ1) is 9.11. The van der Waals surface area contributed by atoms with Crippen LogP contribution in [-0.4, -0.2) is 5.11 Å². The zero-order valence-corrected chi connectivity index (χ0v) is 12.0. The van der Waals surface area contributed by atoms with Gasteiger partial charge in [0.15, 0.2) is 0 Å². The van der Waals surface area contributed by atoms with Gasteiger partial charge in [-0.15, -0.1) is 0 Å². The van der Waals surface area contributed by atoms with Gasteiger partial charge in [-0.2, -0.15) is 0 Å². The monoisotopic (exact) mass is 264 g/mol. The molecule has 0 aliphatic heterocycles. The maximum Gasteiger partial charge on any atom is 0.126 e. The molecule has 0 radical (unpaired) electrons. The van der Waals surface area contributed by atoms with Crippen LogP contribution in [0.25, 0.3) is 0 Å². The molecule has 19 heavy (non-hydrogen) atoms. The quantitative estimate of drug-likeness (QED) is 0.830. The molecular weight excluding hydrogens is 239 g/mol. The van der Waals surface area contributed by atoms with Crippen LogP contribution in [0.15, 0.2) is 18.2 Å². The average molecular weight is 264 g/mol. The van der Waals surface area contributed by atoms with Gasteiger partial charge in [0.1, 0.15) is 5.82 Å². The number of halogens is 1. The molecule has 1 aliphatic rings. The Morgan fingerprint density at radius 1 is 1.26 bits per heavy atom. The van der Waals surface area contributed by atoms with Gasteiger partial charge in [0.2, 0.25) is 0 Å². The molecule has 1 aliphatic carbocycles. The molecular formula is C17H25FO. The van der Waals surface area contributed by atoms with Crippen LogP contribution in [0, 0.1) is 24.6 Å². The zero-order chi connectivity index (χ0) is 13.8. The SMILES string of the molecule is CCCC1CCC(C(O)c2ccc(C)c(F)c2)CC1. The minimum absolute atomic E-state index is 0.212. The third kappa shape index (κ3) is 3.56. The van der Waals surface area contributed by atoms with E-state index in [0.29, 0.717) is 11.5 Å². The maximum atomic E-state index is 13.6. The molecule has 0 bridgehead atoms. The van der Waals surface area contributed by atoms with Gasteiger partial charge in [-0.25, -0.2) is 4.39 Å². The fourth-order valence-electron chi connectivity index (χ4n) is 3.27. The molecule has 1 fully saturated rings. The Morgan fingerprint density at radius 2 is 1.95 bits per heavy atom. The van der Waals surface area contributed by atoms with Crippen LogP contribution in [0.4, 0.5) is 4.39 Å². The molecule has 1 nitrogen and oxygen atoms in total. The summed E-state index contributed by atoms with van der Waals surface area (Å²) >= 11 is 0. The standard InChI is InChI=1S/C17H25FO/c1-3-4-13-6-9-14(10-7-13)17(19)15-8-5-12(2)16(18)11-15/h5,8,11,13-14,17,19H,3-4,6-7,9-10H2,1-2H3. The van der Waals surface area contributed by atoms with Crippen LogP contribution in [0.3, 0.4) is 0 Å². The lowest BCUT2D eigenvalue weighted by Gasteiger charge is -2.31. The zero-order valence-electron chi connectivity index (χ0n) is 12.0. The summed E-state index contributed by atoms with van der Waals surface area (Å²) in [5, 5.41) is 10.4. The van der Waals surface area contributed by atoms with Crippen molar-refractivity contribution in [2.24, 2.45) is 11.8 Å². The van der Waals surface area contributed by atoms with Gasteiger partial charge in [-0.3, -0.25) is 0 Å². The molecule has 0 amide bonds. The van der Waals surface area contributed by atoms with E-state index in [-0.39, 0.29) is 5.82 Å². The number of rotatable bonds is 4. The molecule has 0 spiro atoms. The van der Waals surface area contributed by atoms with Crippen molar-refractivity contribution in [3.05, 3.63) is 35.1 Å². The van der Waals surface area contributed by atoms with Crippen LogP contribution < -0.4 is 0 Å². The van der Waals surface area contributed by atoms with Crippen LogP contribution >= 0.6 is 0 Å². The molecule has 0 aromatic heterocycles. The summed E-state index contributed by atoms with van der Waals surface area (Å²) in [7, 11) is 0. The summed E-state index contributed by atoms with van der Waals surface area (Å²) in [5.41, 5.74) is 1.38. The van der Waals surface area contributed by atoms with E-state index in [2.05, 4.69) is 6.92 Å². The summed E-state index contributed by atoms with van der Waals surface area (Å²) in [6.45, 7) is 3.98. The van der Waals surface area contributed by atoms with E-state index in [4.69, 9.17) is 0 Å². The highest BCUT2D eigenvalue weighted by molar-refractivity contribution is 5.25. The van der Waals surface area contributed by atoms with Crippen LogP contribution in [-0.2, 0) is 0 Å². The normalized spacial score (nSPS) is 25.3. The van der Waals surface area contributed by atoms with Crippen molar-refractivity contribution in [3.8, 4) is 0 Å². The molecule has 1 saturated carbocycles. The van der Waals surface area contributed by atoms with E-state index in [1.54, 1.807) is 13.0 Å². The lowest BCUT2D eigenvalue weighted by atomic mass is 9.76. The number of aliphatic hydroxyl groups is 1. The lowest BCUT2D eigenvalue weighted by Crippen LogP contribution is -2.20. The molecule has 2 rings (SSSR count). The largest absolute Gasteiger partial charge is 0.388 e. The highest BCUT2D eigenvalue weighted by atomic mass is 19.1. The van der Waals surface area contributed by atoms with Crippen LogP contribution in [0.2, 0.25) is 0 Å². The van der Waals surface area contributed by atoms with Gasteiger partial charge in [0.25, 0.3) is 0 Å². The third-order valence-corrected chi connectivity index (χ3v) is 4.57. The third-order valence-electron chi connectivity index (χ3n) is 4.57. The number of hydrogen-bond acceptors (Lipinski definition) is 1. The highest BCUT2D eigenvalue weighted by Crippen LogP contribution is 2.38. The molecule has 0 saturated heterocycles. The predicted octanol–water partition coefficient (Wildman–Crippen LogP) is 4.77. The second-order valence-electron chi connectivity index (χ2n) is 6.02. The Balaban J connectivity index is 1.97. The second-order valence-corrected chi connectivity index (χ2v) is 6.02. The van der Waals surface area contributed by atoms with Crippen molar-refractivity contribution in [1.29, 1.82) is 0 Å². The average Bonchev–Trinajstić information content (AvgIpc) is 2.42. The Kier molecular flexibility index (Phi) is 4.98. The van der Waals surface area contributed by atoms with E-state index >= 15 is 0 Å². The van der Waals surface area contributed by atoms with Crippen molar-refractivity contribution >= 4 is 0 Å². The van der Waals surface area contributed by atoms with Gasteiger partial charge in [0.05, 0.1) is 6.10 Å². The predicted molar refractivity (Wildman–Crippen MR) is 76.5 cm³/mol. The molecule has 1 atom stereocenters. The fraction of sp³-hybridized carbons (Fsp3) is 0.647. The first kappa shape index (κ1) is 14.5. The number of hydrogen-bond donors (Lipinski definition) is 1. The number of aliphatic hydroxyl groups excluding tert-OH is 1. The fourth-order valence-corrected chi connectivity index (χ4v) is 3.27. The Bertz CT molecular complexity index is 408. The second kappa shape index (κ2) is 6.51. The van der Waals surface area contributed by atoms with E-state index in [1.807, 2.05) is 6.07 Å². The summed E-state index contributed by atoms with van der Waals surface area (Å²) in [6.07, 6.45) is 6.62. The Labute approximate surface area is 115 Å². The summed E-state index contributed by atoms with van der Waals surface area (Å²) in [6, 6.07) is 5.12. The van der Waals surface area contributed by atoms with Crippen LogP contribution in [0.1, 0.15) is 62.7 Å². The van der Waals surface area contributed by atoms with E-state index in [9.17, 15) is 9.50 Å². The maximum absolute atomic E-state index is 13.6. The highest BCUT2D eigenvalue weighted by Gasteiger charge is 2.27. The number of aryl methyl sites for hydroxylation is 1. The molecule has 1 aromatic carbocycles. The van der Waals surface area contributed by atoms with Crippen molar-refractivity contribution < 1.29 is 9.50 Å². The molecule has 1 aromatic rings. The van der Waals surface area contributed by atoms with Gasteiger partial charge in [-0.1, -0.05) is 44.7 Å². The van der Waals surface area contributed by atoms with Gasteiger partial charge >= 0.3 is 0 Å². The summed E-state index contributed by atoms with van der Waals surface area (Å²) in [5.74, 6) is 0.926. The van der Waals surface area contributed by atoms with Gasteiger partial charge < -0.3 is 5.11 Å². The number of benzene rings is 1. The van der Waals surface area contributed by atoms with Gasteiger partial charge in [0, 0.05) is 0 Å². The van der Waals surface area contributed by atoms with E-state index in [1.165, 1.54) is 31.7 Å². The van der Waals surface area contributed by atoms with Crippen molar-refractivity contribution in [1.82, 2.24) is 0 Å².